The fourth-order valence-corrected chi connectivity index (χ4v) is 2.83. The van der Waals surface area contributed by atoms with E-state index in [0.29, 0.717) is 18.4 Å². The fraction of sp³-hybridized carbons (Fsp3) is 0.571. The normalized spacial score (nSPS) is 21.8. The third-order valence-corrected chi connectivity index (χ3v) is 3.89. The summed E-state index contributed by atoms with van der Waals surface area (Å²) in [5, 5.41) is 22.9. The van der Waals surface area contributed by atoms with E-state index in [1.165, 1.54) is 12.5 Å². The molecule has 114 valence electrons. The molecular weight excluding hydrogens is 274 g/mol. The maximum Gasteiger partial charge on any atom is 0.354 e. The number of aromatic nitrogens is 1. The zero-order chi connectivity index (χ0) is 15.4. The Bertz CT molecular complexity index is 547. The predicted octanol–water partition coefficient (Wildman–Crippen LogP) is 2.93. The number of nitrogens with zero attached hydrogens (tertiary/aromatic N) is 2. The summed E-state index contributed by atoms with van der Waals surface area (Å²) in [6.07, 6.45) is 4.56. The third-order valence-electron chi connectivity index (χ3n) is 3.89. The molecule has 7 heteroatoms. The van der Waals surface area contributed by atoms with E-state index in [-0.39, 0.29) is 17.2 Å². The molecule has 7 nitrogen and oxygen atoms in total. The van der Waals surface area contributed by atoms with Crippen LogP contribution in [-0.4, -0.2) is 27.5 Å². The van der Waals surface area contributed by atoms with Crippen LogP contribution < -0.4 is 5.32 Å². The minimum Gasteiger partial charge on any atom is -0.477 e. The molecule has 2 rings (SSSR count). The van der Waals surface area contributed by atoms with Crippen molar-refractivity contribution in [3.63, 3.8) is 0 Å². The second-order valence-electron chi connectivity index (χ2n) is 5.65. The van der Waals surface area contributed by atoms with Gasteiger partial charge in [-0.2, -0.15) is 0 Å². The van der Waals surface area contributed by atoms with Crippen molar-refractivity contribution < 1.29 is 14.8 Å². The molecule has 0 spiro atoms. The average molecular weight is 293 g/mol. The molecule has 2 N–H and O–H groups in total. The Balaban J connectivity index is 2.11. The summed E-state index contributed by atoms with van der Waals surface area (Å²) < 4.78 is 0. The molecule has 0 aromatic carbocycles. The SMILES string of the molecule is CC1CCCC(CNc2nc(C(=O)O)ccc2[N+](=O)[O-])C1. The molecule has 0 aliphatic heterocycles. The van der Waals surface area contributed by atoms with Gasteiger partial charge in [0.1, 0.15) is 0 Å². The number of carboxylic acid groups (broad SMARTS) is 1. The highest BCUT2D eigenvalue weighted by atomic mass is 16.6. The van der Waals surface area contributed by atoms with Crippen LogP contribution in [0.1, 0.15) is 43.1 Å². The lowest BCUT2D eigenvalue weighted by Crippen LogP contribution is -2.22. The molecule has 1 saturated carbocycles. The van der Waals surface area contributed by atoms with Gasteiger partial charge in [0.05, 0.1) is 4.92 Å². The molecule has 1 aromatic rings. The number of hydrogen-bond acceptors (Lipinski definition) is 5. The minimum absolute atomic E-state index is 0.0399. The van der Waals surface area contributed by atoms with E-state index in [9.17, 15) is 14.9 Å². The number of carboxylic acids is 1. The first-order valence-electron chi connectivity index (χ1n) is 7.10. The van der Waals surface area contributed by atoms with E-state index in [0.717, 1.165) is 25.3 Å². The van der Waals surface area contributed by atoms with Crippen LogP contribution in [0.2, 0.25) is 0 Å². The number of rotatable bonds is 5. The maximum atomic E-state index is 11.0. The Morgan fingerprint density at radius 2 is 2.29 bits per heavy atom. The molecule has 21 heavy (non-hydrogen) atoms. The van der Waals surface area contributed by atoms with Crippen molar-refractivity contribution in [3.05, 3.63) is 27.9 Å². The number of hydrogen-bond donors (Lipinski definition) is 2. The quantitative estimate of drug-likeness (QED) is 0.638. The molecule has 2 unspecified atom stereocenters. The molecule has 1 aliphatic rings. The van der Waals surface area contributed by atoms with E-state index in [1.54, 1.807) is 0 Å². The molecular formula is C14H19N3O4. The maximum absolute atomic E-state index is 11.0. The number of anilines is 1. The van der Waals surface area contributed by atoms with Crippen molar-refractivity contribution in [3.8, 4) is 0 Å². The Morgan fingerprint density at radius 1 is 1.52 bits per heavy atom. The summed E-state index contributed by atoms with van der Waals surface area (Å²) in [6, 6.07) is 2.33. The van der Waals surface area contributed by atoms with E-state index in [4.69, 9.17) is 5.11 Å². The molecule has 0 saturated heterocycles. The van der Waals surface area contributed by atoms with Crippen molar-refractivity contribution in [1.82, 2.24) is 4.98 Å². The van der Waals surface area contributed by atoms with Crippen LogP contribution >= 0.6 is 0 Å². The zero-order valence-electron chi connectivity index (χ0n) is 11.9. The molecule has 2 atom stereocenters. The van der Waals surface area contributed by atoms with Gasteiger partial charge in [0.25, 0.3) is 0 Å². The first-order valence-corrected chi connectivity index (χ1v) is 7.10. The predicted molar refractivity (Wildman–Crippen MR) is 77.5 cm³/mol. The highest BCUT2D eigenvalue weighted by molar-refractivity contribution is 5.86. The van der Waals surface area contributed by atoms with E-state index in [2.05, 4.69) is 17.2 Å². The van der Waals surface area contributed by atoms with Crippen molar-refractivity contribution in [1.29, 1.82) is 0 Å². The third kappa shape index (κ3) is 3.90. The highest BCUT2D eigenvalue weighted by Crippen LogP contribution is 2.29. The van der Waals surface area contributed by atoms with Gasteiger partial charge in [-0.1, -0.05) is 19.8 Å². The van der Waals surface area contributed by atoms with Crippen LogP contribution in [0.3, 0.4) is 0 Å². The largest absolute Gasteiger partial charge is 0.477 e. The van der Waals surface area contributed by atoms with Gasteiger partial charge in [-0.3, -0.25) is 10.1 Å². The van der Waals surface area contributed by atoms with E-state index >= 15 is 0 Å². The average Bonchev–Trinajstić information content (AvgIpc) is 2.44. The Morgan fingerprint density at radius 3 is 2.90 bits per heavy atom. The second-order valence-corrected chi connectivity index (χ2v) is 5.65. The number of pyridine rings is 1. The first-order chi connectivity index (χ1) is 9.97. The van der Waals surface area contributed by atoms with Crippen LogP contribution in [-0.2, 0) is 0 Å². The van der Waals surface area contributed by atoms with Gasteiger partial charge in [-0.15, -0.1) is 0 Å². The molecule has 0 amide bonds. The van der Waals surface area contributed by atoms with Crippen LogP contribution in [0.15, 0.2) is 12.1 Å². The molecule has 1 aliphatic carbocycles. The van der Waals surface area contributed by atoms with Gasteiger partial charge < -0.3 is 10.4 Å². The van der Waals surface area contributed by atoms with Gasteiger partial charge in [0, 0.05) is 12.6 Å². The van der Waals surface area contributed by atoms with Gasteiger partial charge >= 0.3 is 11.7 Å². The van der Waals surface area contributed by atoms with Crippen molar-refractivity contribution >= 4 is 17.5 Å². The lowest BCUT2D eigenvalue weighted by molar-refractivity contribution is -0.384. The Hall–Kier alpha value is -2.18. The van der Waals surface area contributed by atoms with Crippen LogP contribution in [0.4, 0.5) is 11.5 Å². The van der Waals surface area contributed by atoms with E-state index < -0.39 is 10.9 Å². The monoisotopic (exact) mass is 293 g/mol. The summed E-state index contributed by atoms with van der Waals surface area (Å²) in [5.74, 6) is -0.0418. The molecule has 1 fully saturated rings. The summed E-state index contributed by atoms with van der Waals surface area (Å²) in [7, 11) is 0. The number of carbonyl (C=O) groups is 1. The zero-order valence-corrected chi connectivity index (χ0v) is 11.9. The lowest BCUT2D eigenvalue weighted by atomic mass is 9.82. The fourth-order valence-electron chi connectivity index (χ4n) is 2.83. The second kappa shape index (κ2) is 6.51. The van der Waals surface area contributed by atoms with Crippen LogP contribution in [0, 0.1) is 22.0 Å². The summed E-state index contributed by atoms with van der Waals surface area (Å²) in [4.78, 5) is 25.2. The molecule has 1 heterocycles. The number of nitrogens with one attached hydrogen (secondary N) is 1. The number of aromatic carboxylic acids is 1. The molecule has 0 bridgehead atoms. The van der Waals surface area contributed by atoms with Gasteiger partial charge in [0.15, 0.2) is 5.69 Å². The molecule has 1 aromatic heterocycles. The number of nitro groups is 1. The smallest absolute Gasteiger partial charge is 0.354 e. The van der Waals surface area contributed by atoms with E-state index in [1.807, 2.05) is 0 Å². The summed E-state index contributed by atoms with van der Waals surface area (Å²) >= 11 is 0. The summed E-state index contributed by atoms with van der Waals surface area (Å²) in [6.45, 7) is 2.79. The first kappa shape index (κ1) is 15.2. The van der Waals surface area contributed by atoms with Gasteiger partial charge in [-0.25, -0.2) is 9.78 Å². The molecule has 0 radical (unpaired) electrons. The topological polar surface area (TPSA) is 105 Å². The Labute approximate surface area is 122 Å². The van der Waals surface area contributed by atoms with Crippen LogP contribution in [0.5, 0.6) is 0 Å². The lowest BCUT2D eigenvalue weighted by Gasteiger charge is -2.26. The van der Waals surface area contributed by atoms with Crippen molar-refractivity contribution in [2.75, 3.05) is 11.9 Å². The van der Waals surface area contributed by atoms with Crippen molar-refractivity contribution in [2.45, 2.75) is 32.6 Å². The van der Waals surface area contributed by atoms with Gasteiger partial charge in [-0.05, 0) is 30.7 Å². The van der Waals surface area contributed by atoms with Crippen molar-refractivity contribution in [2.24, 2.45) is 11.8 Å². The highest BCUT2D eigenvalue weighted by Gasteiger charge is 2.22. The minimum atomic E-state index is -1.20. The summed E-state index contributed by atoms with van der Waals surface area (Å²) in [5.41, 5.74) is -0.385. The van der Waals surface area contributed by atoms with Crippen LogP contribution in [0.25, 0.3) is 0 Å². The standard InChI is InChI=1S/C14H19N3O4/c1-9-3-2-4-10(7-9)8-15-13-12(17(20)21)6-5-11(16-13)14(18)19/h5-6,9-10H,2-4,7-8H2,1H3,(H,15,16)(H,18,19). The van der Waals surface area contributed by atoms with Gasteiger partial charge in [0.2, 0.25) is 5.82 Å². The Kier molecular flexibility index (Phi) is 4.72.